The van der Waals surface area contributed by atoms with E-state index < -0.39 is 11.9 Å². The first-order valence-electron chi connectivity index (χ1n) is 8.92. The maximum Gasteiger partial charge on any atom is 0.328 e. The lowest BCUT2D eigenvalue weighted by atomic mass is 10.1. The number of carbonyl (C=O) groups excluding carboxylic acids is 1. The normalized spacial score (nSPS) is 12.4. The van der Waals surface area contributed by atoms with Crippen LogP contribution in [0.1, 0.15) is 24.2 Å². The van der Waals surface area contributed by atoms with Crippen LogP contribution in [0.3, 0.4) is 0 Å². The minimum absolute atomic E-state index is 0.0689. The molecule has 2 rings (SSSR count). The van der Waals surface area contributed by atoms with Gasteiger partial charge in [-0.15, -0.1) is 0 Å². The Morgan fingerprint density at radius 2 is 1.75 bits per heavy atom. The molecule has 1 amide bonds. The Hall–Kier alpha value is -3.36. The van der Waals surface area contributed by atoms with Crippen LogP contribution >= 0.6 is 0 Å². The number of nitrogens with zero attached hydrogens (tertiary/aromatic N) is 2. The van der Waals surface area contributed by atoms with Crippen LogP contribution in [-0.4, -0.2) is 71.5 Å². The van der Waals surface area contributed by atoms with E-state index in [1.54, 1.807) is 0 Å². The number of rotatable bonds is 8. The molecule has 1 aromatic carbocycles. The van der Waals surface area contributed by atoms with Crippen molar-refractivity contribution in [3.8, 4) is 0 Å². The Labute approximate surface area is 163 Å². The van der Waals surface area contributed by atoms with Gasteiger partial charge in [0.25, 0.3) is 5.91 Å². The van der Waals surface area contributed by atoms with Gasteiger partial charge in [0.2, 0.25) is 0 Å². The zero-order valence-corrected chi connectivity index (χ0v) is 16.0. The van der Waals surface area contributed by atoms with E-state index in [4.69, 9.17) is 10.2 Å². The van der Waals surface area contributed by atoms with Gasteiger partial charge in [-0.25, -0.2) is 9.59 Å². The Bertz CT molecular complexity index is 726. The number of hydrogen-bond donors (Lipinski definition) is 4. The fourth-order valence-electron chi connectivity index (χ4n) is 2.39. The number of para-hydroxylation sites is 1. The average Bonchev–Trinajstić information content (AvgIpc) is 3.20. The summed E-state index contributed by atoms with van der Waals surface area (Å²) < 4.78 is 0. The number of aliphatic imine (C=N–C) groups is 1. The second kappa shape index (κ2) is 12.1. The molecule has 0 aromatic heterocycles. The number of hydrogen-bond acceptors (Lipinski definition) is 6. The van der Waals surface area contributed by atoms with Gasteiger partial charge in [0, 0.05) is 37.5 Å². The van der Waals surface area contributed by atoms with Crippen molar-refractivity contribution in [1.82, 2.24) is 10.2 Å². The molecule has 152 valence electrons. The summed E-state index contributed by atoms with van der Waals surface area (Å²) in [6.45, 7) is 7.79. The highest BCUT2D eigenvalue weighted by molar-refractivity contribution is 6.00. The van der Waals surface area contributed by atoms with Crippen LogP contribution in [-0.2, 0) is 9.59 Å². The van der Waals surface area contributed by atoms with Crippen LogP contribution in [0.4, 0.5) is 5.69 Å². The summed E-state index contributed by atoms with van der Waals surface area (Å²) in [5.74, 6) is -1.49. The van der Waals surface area contributed by atoms with Gasteiger partial charge in [-0.2, -0.15) is 0 Å². The summed E-state index contributed by atoms with van der Waals surface area (Å²) in [6, 6.07) is 7.64. The molecule has 1 aromatic rings. The van der Waals surface area contributed by atoms with Crippen LogP contribution < -0.4 is 10.6 Å². The van der Waals surface area contributed by atoms with Gasteiger partial charge in [-0.1, -0.05) is 12.1 Å². The topological polar surface area (TPSA) is 131 Å². The molecule has 0 spiro atoms. The molecular formula is C19H26N4O5. The molecule has 1 aliphatic rings. The predicted octanol–water partition coefficient (Wildman–Crippen LogP) is 1.29. The van der Waals surface area contributed by atoms with Crippen molar-refractivity contribution < 1.29 is 24.6 Å². The largest absolute Gasteiger partial charge is 0.478 e. The minimum Gasteiger partial charge on any atom is -0.478 e. The van der Waals surface area contributed by atoms with E-state index >= 15 is 0 Å². The van der Waals surface area contributed by atoms with Crippen LogP contribution in [0.15, 0.2) is 41.4 Å². The molecule has 0 aliphatic carbocycles. The van der Waals surface area contributed by atoms with Crippen LogP contribution in [0.5, 0.6) is 0 Å². The zero-order chi connectivity index (χ0) is 20.9. The van der Waals surface area contributed by atoms with E-state index in [-0.39, 0.29) is 5.91 Å². The van der Waals surface area contributed by atoms with Crippen LogP contribution in [0.2, 0.25) is 0 Å². The summed E-state index contributed by atoms with van der Waals surface area (Å²) in [5, 5.41) is 22.1. The van der Waals surface area contributed by atoms with E-state index in [1.165, 1.54) is 0 Å². The molecule has 9 heteroatoms. The van der Waals surface area contributed by atoms with E-state index in [0.29, 0.717) is 18.7 Å². The average molecular weight is 390 g/mol. The summed E-state index contributed by atoms with van der Waals surface area (Å²) >= 11 is 0. The maximum atomic E-state index is 12.5. The highest BCUT2D eigenvalue weighted by Crippen LogP contribution is 2.17. The van der Waals surface area contributed by atoms with Gasteiger partial charge in [-0.3, -0.25) is 9.79 Å². The van der Waals surface area contributed by atoms with Gasteiger partial charge in [-0.05, 0) is 26.0 Å². The molecule has 0 unspecified atom stereocenters. The zero-order valence-electron chi connectivity index (χ0n) is 16.0. The Morgan fingerprint density at radius 3 is 2.25 bits per heavy atom. The first-order valence-corrected chi connectivity index (χ1v) is 8.92. The Morgan fingerprint density at radius 1 is 1.14 bits per heavy atom. The summed E-state index contributed by atoms with van der Waals surface area (Å²) in [6.07, 6.45) is 1.12. The minimum atomic E-state index is -1.26. The molecule has 0 saturated carbocycles. The summed E-state index contributed by atoms with van der Waals surface area (Å²) in [7, 11) is 0. The number of aliphatic carboxylic acids is 2. The van der Waals surface area contributed by atoms with Crippen LogP contribution in [0.25, 0.3) is 0 Å². The van der Waals surface area contributed by atoms with Crippen molar-refractivity contribution in [2.45, 2.75) is 13.8 Å². The molecule has 0 saturated heterocycles. The Kier molecular flexibility index (Phi) is 9.80. The molecule has 0 bridgehead atoms. The monoisotopic (exact) mass is 390 g/mol. The second-order valence-electron chi connectivity index (χ2n) is 5.64. The SMILES string of the molecule is CCN(CC)C(=O)c1ccccc1NCC1=NCCN1.O=C(O)C=CC(=O)O. The van der Waals surface area contributed by atoms with Crippen molar-refractivity contribution in [1.29, 1.82) is 0 Å². The van der Waals surface area contributed by atoms with Crippen molar-refractivity contribution in [2.24, 2.45) is 4.99 Å². The highest BCUT2D eigenvalue weighted by atomic mass is 16.4. The first kappa shape index (κ1) is 22.7. The third-order valence-corrected chi connectivity index (χ3v) is 3.77. The molecule has 0 radical (unpaired) electrons. The van der Waals surface area contributed by atoms with Gasteiger partial charge in [0.15, 0.2) is 0 Å². The standard InChI is InChI=1S/C15H22N4O.C4H4O4/c1-3-19(4-2)15(20)12-7-5-6-8-13(12)18-11-14-16-9-10-17-14;5-3(6)1-2-4(7)8/h5-8,18H,3-4,9-11H2,1-2H3,(H,16,17);1-2H,(H,5,6)(H,7,8). The Balaban J connectivity index is 0.000000416. The lowest BCUT2D eigenvalue weighted by Gasteiger charge is -2.20. The summed E-state index contributed by atoms with van der Waals surface area (Å²) in [4.78, 5) is 37.7. The molecular weight excluding hydrogens is 364 g/mol. The lowest BCUT2D eigenvalue weighted by Crippen LogP contribution is -2.32. The number of amides is 1. The number of benzene rings is 1. The quantitative estimate of drug-likeness (QED) is 0.492. The molecule has 9 nitrogen and oxygen atoms in total. The molecule has 28 heavy (non-hydrogen) atoms. The third kappa shape index (κ3) is 7.90. The maximum absolute atomic E-state index is 12.5. The van der Waals surface area contributed by atoms with Gasteiger partial charge >= 0.3 is 11.9 Å². The predicted molar refractivity (Wildman–Crippen MR) is 107 cm³/mol. The number of carboxylic acid groups (broad SMARTS) is 2. The van der Waals surface area contributed by atoms with E-state index in [1.807, 2.05) is 43.0 Å². The summed E-state index contributed by atoms with van der Waals surface area (Å²) in [5.41, 5.74) is 1.58. The van der Waals surface area contributed by atoms with E-state index in [0.717, 1.165) is 43.3 Å². The highest BCUT2D eigenvalue weighted by Gasteiger charge is 2.16. The number of anilines is 1. The molecule has 4 N–H and O–H groups in total. The van der Waals surface area contributed by atoms with Gasteiger partial charge in [0.05, 0.1) is 18.7 Å². The van der Waals surface area contributed by atoms with Gasteiger partial charge in [0.1, 0.15) is 5.84 Å². The van der Waals surface area contributed by atoms with Crippen molar-refractivity contribution >= 4 is 29.4 Å². The molecule has 0 atom stereocenters. The number of amidine groups is 1. The van der Waals surface area contributed by atoms with E-state index in [2.05, 4.69) is 15.6 Å². The van der Waals surface area contributed by atoms with Crippen molar-refractivity contribution in [2.75, 3.05) is 38.0 Å². The molecule has 0 fully saturated rings. The molecule has 1 aliphatic heterocycles. The lowest BCUT2D eigenvalue weighted by molar-refractivity contribution is -0.134. The van der Waals surface area contributed by atoms with Gasteiger partial charge < -0.3 is 25.7 Å². The smallest absolute Gasteiger partial charge is 0.328 e. The second-order valence-corrected chi connectivity index (χ2v) is 5.64. The first-order chi connectivity index (χ1) is 13.4. The van der Waals surface area contributed by atoms with Crippen LogP contribution in [0, 0.1) is 0 Å². The fraction of sp³-hybridized carbons (Fsp3) is 0.368. The van der Waals surface area contributed by atoms with Crippen molar-refractivity contribution in [3.05, 3.63) is 42.0 Å². The number of nitrogens with one attached hydrogen (secondary N) is 2. The van der Waals surface area contributed by atoms with E-state index in [9.17, 15) is 14.4 Å². The number of carbonyl (C=O) groups is 3. The van der Waals surface area contributed by atoms with Crippen molar-refractivity contribution in [3.63, 3.8) is 0 Å². The number of carboxylic acids is 2. The fourth-order valence-corrected chi connectivity index (χ4v) is 2.39. The third-order valence-electron chi connectivity index (χ3n) is 3.77. The molecule has 1 heterocycles.